The Hall–Kier alpha value is -0.350. The normalized spacial score (nSPS) is 12.4. The molecule has 2 aromatic carbocycles. The summed E-state index contributed by atoms with van der Waals surface area (Å²) in [6.45, 7) is 0. The fraction of sp³-hybridized carbons (Fsp3) is 0.200. The average molecular weight is 404 g/mol. The van der Waals surface area contributed by atoms with Gasteiger partial charge in [-0.25, -0.2) is 0 Å². The van der Waals surface area contributed by atoms with Gasteiger partial charge < -0.3 is 5.32 Å². The van der Waals surface area contributed by atoms with Crippen LogP contribution in [-0.2, 0) is 6.42 Å². The molecule has 0 radical (unpaired) electrons. The largest absolute Gasteiger partial charge is 0.313 e. The molecule has 0 heterocycles. The fourth-order valence-corrected chi connectivity index (χ4v) is 3.29. The lowest BCUT2D eigenvalue weighted by Gasteiger charge is -2.19. The molecule has 0 aliphatic carbocycles. The van der Waals surface area contributed by atoms with Crippen molar-refractivity contribution in [3.05, 3.63) is 67.6 Å². The Bertz CT molecular complexity index is 572. The summed E-state index contributed by atoms with van der Waals surface area (Å²) in [6.07, 6.45) is 0.888. The molecule has 0 saturated heterocycles. The Labute approximate surface area is 135 Å². The molecule has 0 amide bonds. The zero-order chi connectivity index (χ0) is 13.8. The number of hydrogen-bond donors (Lipinski definition) is 1. The Morgan fingerprint density at radius 3 is 2.53 bits per heavy atom. The lowest BCUT2D eigenvalue weighted by Crippen LogP contribution is -2.19. The van der Waals surface area contributed by atoms with E-state index in [-0.39, 0.29) is 6.04 Å². The van der Waals surface area contributed by atoms with Crippen LogP contribution in [0.25, 0.3) is 0 Å². The van der Waals surface area contributed by atoms with Gasteiger partial charge in [0.05, 0.1) is 0 Å². The molecule has 1 unspecified atom stereocenters. The summed E-state index contributed by atoms with van der Waals surface area (Å²) in [5.41, 5.74) is 2.38. The van der Waals surface area contributed by atoms with Crippen LogP contribution >= 0.6 is 43.5 Å². The summed E-state index contributed by atoms with van der Waals surface area (Å²) in [4.78, 5) is 0. The van der Waals surface area contributed by atoms with Gasteiger partial charge in [-0.05, 0) is 42.8 Å². The molecule has 0 aliphatic heterocycles. The minimum absolute atomic E-state index is 0.194. The SMILES string of the molecule is CNC(Cc1ccccc1Br)c1ccc(Br)cc1Cl. The quantitative estimate of drug-likeness (QED) is 0.724. The van der Waals surface area contributed by atoms with Gasteiger partial charge in [-0.2, -0.15) is 0 Å². The molecule has 1 nitrogen and oxygen atoms in total. The van der Waals surface area contributed by atoms with E-state index in [1.54, 1.807) is 0 Å². The van der Waals surface area contributed by atoms with Gasteiger partial charge in [0.15, 0.2) is 0 Å². The molecule has 2 aromatic rings. The molecule has 0 spiro atoms. The minimum atomic E-state index is 0.194. The van der Waals surface area contributed by atoms with Crippen molar-refractivity contribution in [2.75, 3.05) is 7.05 Å². The van der Waals surface area contributed by atoms with Crippen LogP contribution in [0.4, 0.5) is 0 Å². The predicted octanol–water partition coefficient (Wildman–Crippen LogP) is 5.37. The van der Waals surface area contributed by atoms with E-state index < -0.39 is 0 Å². The highest BCUT2D eigenvalue weighted by atomic mass is 79.9. The number of halogens is 3. The second kappa shape index (κ2) is 6.89. The van der Waals surface area contributed by atoms with Crippen molar-refractivity contribution < 1.29 is 0 Å². The Morgan fingerprint density at radius 2 is 1.89 bits per heavy atom. The lowest BCUT2D eigenvalue weighted by molar-refractivity contribution is 0.591. The van der Waals surface area contributed by atoms with Crippen LogP contribution in [0.2, 0.25) is 5.02 Å². The van der Waals surface area contributed by atoms with Gasteiger partial charge in [0.1, 0.15) is 0 Å². The van der Waals surface area contributed by atoms with Crippen LogP contribution in [0.3, 0.4) is 0 Å². The van der Waals surface area contributed by atoms with Crippen molar-refractivity contribution in [1.29, 1.82) is 0 Å². The third kappa shape index (κ3) is 3.82. The van der Waals surface area contributed by atoms with Crippen LogP contribution in [-0.4, -0.2) is 7.05 Å². The first kappa shape index (κ1) is 15.0. The highest BCUT2D eigenvalue weighted by molar-refractivity contribution is 9.10. The highest BCUT2D eigenvalue weighted by Gasteiger charge is 2.15. The van der Waals surface area contributed by atoms with Gasteiger partial charge in [0.2, 0.25) is 0 Å². The number of likely N-dealkylation sites (N-methyl/N-ethyl adjacent to an activating group) is 1. The summed E-state index contributed by atoms with van der Waals surface area (Å²) in [5, 5.41) is 4.11. The van der Waals surface area contributed by atoms with Crippen LogP contribution in [0.5, 0.6) is 0 Å². The van der Waals surface area contributed by atoms with Gasteiger partial charge in [0, 0.05) is 20.0 Å². The van der Waals surface area contributed by atoms with E-state index in [4.69, 9.17) is 11.6 Å². The Kier molecular flexibility index (Phi) is 5.46. The number of benzene rings is 2. The van der Waals surface area contributed by atoms with E-state index >= 15 is 0 Å². The highest BCUT2D eigenvalue weighted by Crippen LogP contribution is 2.30. The van der Waals surface area contributed by atoms with Crippen molar-refractivity contribution in [3.63, 3.8) is 0 Å². The first-order valence-electron chi connectivity index (χ1n) is 5.97. The van der Waals surface area contributed by atoms with Gasteiger partial charge in [0.25, 0.3) is 0 Å². The molecule has 19 heavy (non-hydrogen) atoms. The van der Waals surface area contributed by atoms with E-state index in [1.807, 2.05) is 25.2 Å². The first-order valence-corrected chi connectivity index (χ1v) is 7.94. The Balaban J connectivity index is 2.28. The molecule has 1 N–H and O–H groups in total. The van der Waals surface area contributed by atoms with Crippen molar-refractivity contribution in [3.8, 4) is 0 Å². The maximum Gasteiger partial charge on any atom is 0.0465 e. The molecule has 0 bridgehead atoms. The van der Waals surface area contributed by atoms with E-state index in [9.17, 15) is 0 Å². The van der Waals surface area contributed by atoms with Crippen molar-refractivity contribution >= 4 is 43.5 Å². The van der Waals surface area contributed by atoms with Crippen LogP contribution in [0.1, 0.15) is 17.2 Å². The summed E-state index contributed by atoms with van der Waals surface area (Å²) >= 11 is 13.3. The second-order valence-corrected chi connectivity index (χ2v) is 6.48. The van der Waals surface area contributed by atoms with Crippen LogP contribution < -0.4 is 5.32 Å². The molecule has 100 valence electrons. The fourth-order valence-electron chi connectivity index (χ4n) is 2.04. The number of nitrogens with one attached hydrogen (secondary N) is 1. The summed E-state index contributed by atoms with van der Waals surface area (Å²) in [5.74, 6) is 0. The van der Waals surface area contributed by atoms with Crippen molar-refractivity contribution in [2.24, 2.45) is 0 Å². The molecule has 0 saturated carbocycles. The summed E-state index contributed by atoms with van der Waals surface area (Å²) in [7, 11) is 1.96. The van der Waals surface area contributed by atoms with E-state index in [0.717, 1.165) is 26.0 Å². The minimum Gasteiger partial charge on any atom is -0.313 e. The maximum absolute atomic E-state index is 6.33. The van der Waals surface area contributed by atoms with Crippen LogP contribution in [0, 0.1) is 0 Å². The lowest BCUT2D eigenvalue weighted by atomic mass is 9.99. The number of rotatable bonds is 4. The van der Waals surface area contributed by atoms with E-state index in [2.05, 4.69) is 61.4 Å². The van der Waals surface area contributed by atoms with Crippen molar-refractivity contribution in [1.82, 2.24) is 5.32 Å². The molecule has 0 aliphatic rings. The summed E-state index contributed by atoms with van der Waals surface area (Å²) < 4.78 is 2.13. The van der Waals surface area contributed by atoms with Gasteiger partial charge in [-0.1, -0.05) is 67.7 Å². The topological polar surface area (TPSA) is 12.0 Å². The zero-order valence-corrected chi connectivity index (χ0v) is 14.4. The molecule has 2 rings (SSSR count). The second-order valence-electron chi connectivity index (χ2n) is 4.30. The number of hydrogen-bond acceptors (Lipinski definition) is 1. The third-order valence-electron chi connectivity index (χ3n) is 3.07. The first-order chi connectivity index (χ1) is 9.11. The van der Waals surface area contributed by atoms with Gasteiger partial charge >= 0.3 is 0 Å². The van der Waals surface area contributed by atoms with E-state index in [1.165, 1.54) is 5.56 Å². The van der Waals surface area contributed by atoms with Crippen molar-refractivity contribution in [2.45, 2.75) is 12.5 Å². The smallest absolute Gasteiger partial charge is 0.0465 e. The van der Waals surface area contributed by atoms with Gasteiger partial charge in [-0.3, -0.25) is 0 Å². The molecular formula is C15H14Br2ClN. The summed E-state index contributed by atoms with van der Waals surface area (Å²) in [6, 6.07) is 14.5. The molecule has 4 heteroatoms. The molecule has 0 fully saturated rings. The van der Waals surface area contributed by atoms with E-state index in [0.29, 0.717) is 0 Å². The standard InChI is InChI=1S/C15H14Br2ClN/c1-19-15(8-10-4-2-3-5-13(10)17)12-7-6-11(16)9-14(12)18/h2-7,9,15,19H,8H2,1H3. The third-order valence-corrected chi connectivity index (χ3v) is 4.66. The monoisotopic (exact) mass is 401 g/mol. The molecule has 1 atom stereocenters. The Morgan fingerprint density at radius 1 is 1.16 bits per heavy atom. The average Bonchev–Trinajstić information content (AvgIpc) is 2.39. The zero-order valence-electron chi connectivity index (χ0n) is 10.5. The van der Waals surface area contributed by atoms with Gasteiger partial charge in [-0.15, -0.1) is 0 Å². The van der Waals surface area contributed by atoms with Crippen LogP contribution in [0.15, 0.2) is 51.4 Å². The predicted molar refractivity (Wildman–Crippen MR) is 88.8 cm³/mol. The maximum atomic E-state index is 6.33. The molecular weight excluding hydrogens is 389 g/mol. The molecule has 0 aromatic heterocycles.